The van der Waals surface area contributed by atoms with Crippen LogP contribution in [0.15, 0.2) is 18.9 Å². The highest BCUT2D eigenvalue weighted by Gasteiger charge is 2.14. The van der Waals surface area contributed by atoms with Gasteiger partial charge in [0.1, 0.15) is 12.1 Å². The van der Waals surface area contributed by atoms with E-state index < -0.39 is 0 Å². The summed E-state index contributed by atoms with van der Waals surface area (Å²) < 4.78 is 3.84. The SMILES string of the molecule is CC(=O)Cc1cnc2c3ncn(C(C)C)c3ncn12. The summed E-state index contributed by atoms with van der Waals surface area (Å²) in [4.78, 5) is 24.4. The molecule has 3 heterocycles. The van der Waals surface area contributed by atoms with Crippen LogP contribution in [0.4, 0.5) is 0 Å². The molecular weight excluding hydrogens is 242 g/mol. The Bertz CT molecular complexity index is 768. The van der Waals surface area contributed by atoms with Crippen molar-refractivity contribution in [3.63, 3.8) is 0 Å². The Morgan fingerprint density at radius 2 is 2.00 bits per heavy atom. The van der Waals surface area contributed by atoms with E-state index >= 15 is 0 Å². The molecule has 0 amide bonds. The van der Waals surface area contributed by atoms with Gasteiger partial charge in [0.15, 0.2) is 16.8 Å². The molecule has 3 aromatic heterocycles. The molecule has 0 aromatic carbocycles. The average Bonchev–Trinajstić information content (AvgIpc) is 2.91. The molecule has 19 heavy (non-hydrogen) atoms. The summed E-state index contributed by atoms with van der Waals surface area (Å²) >= 11 is 0. The lowest BCUT2D eigenvalue weighted by Gasteiger charge is -2.06. The van der Waals surface area contributed by atoms with Gasteiger partial charge < -0.3 is 4.57 Å². The minimum absolute atomic E-state index is 0.106. The molecule has 0 aliphatic heterocycles. The third kappa shape index (κ3) is 1.80. The van der Waals surface area contributed by atoms with E-state index in [-0.39, 0.29) is 5.78 Å². The zero-order valence-corrected chi connectivity index (χ0v) is 11.2. The van der Waals surface area contributed by atoms with Gasteiger partial charge in [0, 0.05) is 18.7 Å². The molecule has 3 rings (SSSR count). The molecule has 0 radical (unpaired) electrons. The predicted octanol–water partition coefficient (Wildman–Crippen LogP) is 1.79. The Balaban J connectivity index is 2.25. The number of hydrogen-bond donors (Lipinski definition) is 0. The smallest absolute Gasteiger partial charge is 0.168 e. The van der Waals surface area contributed by atoms with Crippen LogP contribution >= 0.6 is 0 Å². The van der Waals surface area contributed by atoms with E-state index in [1.807, 2.05) is 8.97 Å². The lowest BCUT2D eigenvalue weighted by molar-refractivity contribution is -0.116. The fourth-order valence-corrected chi connectivity index (χ4v) is 2.22. The monoisotopic (exact) mass is 257 g/mol. The lowest BCUT2D eigenvalue weighted by atomic mass is 10.2. The van der Waals surface area contributed by atoms with Gasteiger partial charge in [-0.2, -0.15) is 0 Å². The number of carbonyl (C=O) groups excluding carboxylic acids is 1. The number of carbonyl (C=O) groups is 1. The summed E-state index contributed by atoms with van der Waals surface area (Å²) in [5, 5.41) is 0. The molecule has 0 fully saturated rings. The second-order valence-corrected chi connectivity index (χ2v) is 4.98. The number of aromatic nitrogens is 5. The molecule has 0 saturated carbocycles. The zero-order chi connectivity index (χ0) is 13.6. The molecule has 0 atom stereocenters. The van der Waals surface area contributed by atoms with Crippen molar-refractivity contribution < 1.29 is 4.79 Å². The standard InChI is InChI=1S/C13H15N5O/c1-8(2)17-6-15-11-12-14-5-10(4-9(3)19)18(12)7-16-13(11)17/h5-8H,4H2,1-3H3. The van der Waals surface area contributed by atoms with Crippen molar-refractivity contribution in [3.05, 3.63) is 24.5 Å². The lowest BCUT2D eigenvalue weighted by Crippen LogP contribution is -2.03. The van der Waals surface area contributed by atoms with Crippen LogP contribution in [0.25, 0.3) is 16.8 Å². The Morgan fingerprint density at radius 1 is 1.21 bits per heavy atom. The third-order valence-electron chi connectivity index (χ3n) is 3.13. The summed E-state index contributed by atoms with van der Waals surface area (Å²) in [5.41, 5.74) is 3.19. The van der Waals surface area contributed by atoms with Crippen LogP contribution in [0.3, 0.4) is 0 Å². The normalized spacial score (nSPS) is 11.8. The molecule has 0 aliphatic carbocycles. The number of fused-ring (bicyclic) bond motifs is 3. The van der Waals surface area contributed by atoms with Gasteiger partial charge in [0.05, 0.1) is 12.0 Å². The van der Waals surface area contributed by atoms with Gasteiger partial charge in [-0.25, -0.2) is 15.0 Å². The quantitative estimate of drug-likeness (QED) is 0.717. The third-order valence-corrected chi connectivity index (χ3v) is 3.13. The molecule has 98 valence electrons. The van der Waals surface area contributed by atoms with Crippen molar-refractivity contribution >= 4 is 22.6 Å². The summed E-state index contributed by atoms with van der Waals surface area (Å²) in [5.74, 6) is 0.106. The number of ketones is 1. The summed E-state index contributed by atoms with van der Waals surface area (Å²) in [6, 6.07) is 0.298. The van der Waals surface area contributed by atoms with E-state index in [1.54, 1.807) is 25.8 Å². The highest BCUT2D eigenvalue weighted by atomic mass is 16.1. The minimum Gasteiger partial charge on any atom is -0.313 e. The van der Waals surface area contributed by atoms with Crippen LogP contribution in [0, 0.1) is 0 Å². The average molecular weight is 257 g/mol. The number of hydrogen-bond acceptors (Lipinski definition) is 4. The maximum atomic E-state index is 11.2. The van der Waals surface area contributed by atoms with Gasteiger partial charge in [-0.3, -0.25) is 9.20 Å². The van der Waals surface area contributed by atoms with Crippen LogP contribution < -0.4 is 0 Å². The van der Waals surface area contributed by atoms with E-state index in [0.717, 1.165) is 22.5 Å². The van der Waals surface area contributed by atoms with Crippen LogP contribution in [-0.4, -0.2) is 29.7 Å². The van der Waals surface area contributed by atoms with Gasteiger partial charge in [-0.05, 0) is 20.8 Å². The van der Waals surface area contributed by atoms with Crippen molar-refractivity contribution in [2.24, 2.45) is 0 Å². The van der Waals surface area contributed by atoms with Crippen molar-refractivity contribution in [2.75, 3.05) is 0 Å². The van der Waals surface area contributed by atoms with Crippen LogP contribution in [-0.2, 0) is 11.2 Å². The number of Topliss-reactive ketones (excluding diaryl/α,β-unsaturated/α-hetero) is 1. The number of nitrogens with zero attached hydrogens (tertiary/aromatic N) is 5. The fraction of sp³-hybridized carbons (Fsp3) is 0.385. The Kier molecular flexibility index (Phi) is 2.58. The molecule has 3 aromatic rings. The predicted molar refractivity (Wildman–Crippen MR) is 71.0 cm³/mol. The zero-order valence-electron chi connectivity index (χ0n) is 11.2. The molecule has 6 heteroatoms. The van der Waals surface area contributed by atoms with Gasteiger partial charge in [0.25, 0.3) is 0 Å². The van der Waals surface area contributed by atoms with E-state index in [0.29, 0.717) is 12.5 Å². The molecule has 0 bridgehead atoms. The van der Waals surface area contributed by atoms with E-state index in [4.69, 9.17) is 0 Å². The molecule has 6 nitrogen and oxygen atoms in total. The van der Waals surface area contributed by atoms with Gasteiger partial charge in [-0.15, -0.1) is 0 Å². The maximum Gasteiger partial charge on any atom is 0.168 e. The Morgan fingerprint density at radius 3 is 2.68 bits per heavy atom. The van der Waals surface area contributed by atoms with Crippen LogP contribution in [0.5, 0.6) is 0 Å². The summed E-state index contributed by atoms with van der Waals surface area (Å²) in [7, 11) is 0. The highest BCUT2D eigenvalue weighted by molar-refractivity contribution is 5.86. The number of rotatable bonds is 3. The molecule has 0 spiro atoms. The fourth-order valence-electron chi connectivity index (χ4n) is 2.22. The Labute approximate surface area is 110 Å². The van der Waals surface area contributed by atoms with Crippen molar-refractivity contribution in [2.45, 2.75) is 33.2 Å². The summed E-state index contributed by atoms with van der Waals surface area (Å²) in [6.07, 6.45) is 5.57. The highest BCUT2D eigenvalue weighted by Crippen LogP contribution is 2.19. The first-order valence-electron chi connectivity index (χ1n) is 6.25. The Hall–Kier alpha value is -2.24. The van der Waals surface area contributed by atoms with Crippen LogP contribution in [0.2, 0.25) is 0 Å². The second-order valence-electron chi connectivity index (χ2n) is 4.98. The number of imidazole rings is 2. The summed E-state index contributed by atoms with van der Waals surface area (Å²) in [6.45, 7) is 5.73. The maximum absolute atomic E-state index is 11.2. The van der Waals surface area contributed by atoms with E-state index in [9.17, 15) is 4.79 Å². The molecule has 0 aliphatic rings. The van der Waals surface area contributed by atoms with Gasteiger partial charge in [0.2, 0.25) is 0 Å². The molecule has 0 unspecified atom stereocenters. The first-order chi connectivity index (χ1) is 9.08. The van der Waals surface area contributed by atoms with Crippen LogP contribution in [0.1, 0.15) is 32.5 Å². The van der Waals surface area contributed by atoms with Gasteiger partial charge >= 0.3 is 0 Å². The van der Waals surface area contributed by atoms with Crippen molar-refractivity contribution in [1.29, 1.82) is 0 Å². The first kappa shape index (κ1) is 11.8. The topological polar surface area (TPSA) is 65.1 Å². The van der Waals surface area contributed by atoms with E-state index in [2.05, 4.69) is 28.8 Å². The molecule has 0 saturated heterocycles. The molecular formula is C13H15N5O. The van der Waals surface area contributed by atoms with Gasteiger partial charge in [-0.1, -0.05) is 0 Å². The van der Waals surface area contributed by atoms with E-state index in [1.165, 1.54) is 0 Å². The van der Waals surface area contributed by atoms with Crippen molar-refractivity contribution in [1.82, 2.24) is 23.9 Å². The second kappa shape index (κ2) is 4.15. The largest absolute Gasteiger partial charge is 0.313 e. The minimum atomic E-state index is 0.106. The molecule has 0 N–H and O–H groups in total. The van der Waals surface area contributed by atoms with Crippen molar-refractivity contribution in [3.8, 4) is 0 Å². The first-order valence-corrected chi connectivity index (χ1v) is 6.25.